The van der Waals surface area contributed by atoms with Gasteiger partial charge in [0.1, 0.15) is 0 Å². The van der Waals surface area contributed by atoms with Crippen LogP contribution in [0.4, 0.5) is 0 Å². The Hall–Kier alpha value is -0.440. The van der Waals surface area contributed by atoms with E-state index in [9.17, 15) is 13.2 Å². The number of nitrogens with one attached hydrogen (secondary N) is 1. The molecular formula is C10H17BrN2O4S. The molecule has 0 aromatic carbocycles. The largest absolute Gasteiger partial charge is 0.469 e. The smallest absolute Gasteiger partial charge is 0.308 e. The van der Waals surface area contributed by atoms with Crippen molar-refractivity contribution in [1.29, 1.82) is 0 Å². The Labute approximate surface area is 116 Å². The standard InChI is InChI=1S/C10H17BrN2O4S/c1-8(11)7-12-18(15,16)13-5-3-9(4-6-13)10(14)17-2/h9,12H,1,3-7H2,2H3. The molecule has 0 aromatic heterocycles. The Balaban J connectivity index is 2.51. The lowest BCUT2D eigenvalue weighted by Crippen LogP contribution is -2.46. The number of methoxy groups -OCH3 is 1. The number of carbonyl (C=O) groups is 1. The number of rotatable bonds is 5. The van der Waals surface area contributed by atoms with Crippen molar-refractivity contribution < 1.29 is 17.9 Å². The van der Waals surface area contributed by atoms with Crippen molar-refractivity contribution in [1.82, 2.24) is 9.03 Å². The summed E-state index contributed by atoms with van der Waals surface area (Å²) in [5.41, 5.74) is 0. The van der Waals surface area contributed by atoms with Gasteiger partial charge in [0.25, 0.3) is 10.2 Å². The zero-order chi connectivity index (χ0) is 13.8. The number of carbonyl (C=O) groups excluding carboxylic acids is 1. The van der Waals surface area contributed by atoms with Gasteiger partial charge in [-0.2, -0.15) is 17.4 Å². The molecule has 1 aliphatic rings. The second-order valence-electron chi connectivity index (χ2n) is 4.04. The fourth-order valence-corrected chi connectivity index (χ4v) is 3.32. The van der Waals surface area contributed by atoms with Crippen molar-refractivity contribution in [2.24, 2.45) is 5.92 Å². The highest BCUT2D eigenvalue weighted by molar-refractivity contribution is 9.11. The van der Waals surface area contributed by atoms with Crippen molar-refractivity contribution in [3.63, 3.8) is 0 Å². The molecular weight excluding hydrogens is 324 g/mol. The summed E-state index contributed by atoms with van der Waals surface area (Å²) in [6.07, 6.45) is 0.978. The Morgan fingerprint density at radius 3 is 2.50 bits per heavy atom. The van der Waals surface area contributed by atoms with Gasteiger partial charge in [-0.3, -0.25) is 4.79 Å². The van der Waals surface area contributed by atoms with E-state index in [1.807, 2.05) is 0 Å². The number of esters is 1. The summed E-state index contributed by atoms with van der Waals surface area (Å²) in [4.78, 5) is 11.3. The summed E-state index contributed by atoms with van der Waals surface area (Å²) in [5, 5.41) is 0. The first-order valence-electron chi connectivity index (χ1n) is 5.52. The quantitative estimate of drug-likeness (QED) is 0.744. The molecule has 1 fully saturated rings. The maximum atomic E-state index is 11.9. The lowest BCUT2D eigenvalue weighted by Gasteiger charge is -2.29. The van der Waals surface area contributed by atoms with Gasteiger partial charge in [-0.25, -0.2) is 0 Å². The first kappa shape index (κ1) is 15.6. The fraction of sp³-hybridized carbons (Fsp3) is 0.700. The number of ether oxygens (including phenoxy) is 1. The Kier molecular flexibility index (Phi) is 5.77. The number of hydrogen-bond donors (Lipinski definition) is 1. The van der Waals surface area contributed by atoms with Crippen molar-refractivity contribution >= 4 is 32.1 Å². The molecule has 1 aliphatic heterocycles. The van der Waals surface area contributed by atoms with Gasteiger partial charge in [0.05, 0.1) is 13.0 Å². The molecule has 1 N–H and O–H groups in total. The Bertz CT molecular complexity index is 416. The molecule has 18 heavy (non-hydrogen) atoms. The zero-order valence-corrected chi connectivity index (χ0v) is 12.6. The van der Waals surface area contributed by atoms with E-state index in [1.54, 1.807) is 0 Å². The van der Waals surface area contributed by atoms with Gasteiger partial charge < -0.3 is 4.74 Å². The molecule has 0 aliphatic carbocycles. The van der Waals surface area contributed by atoms with Gasteiger partial charge >= 0.3 is 5.97 Å². The average Bonchev–Trinajstić information content (AvgIpc) is 2.36. The molecule has 0 radical (unpaired) electrons. The highest BCUT2D eigenvalue weighted by Crippen LogP contribution is 2.20. The molecule has 0 aromatic rings. The summed E-state index contributed by atoms with van der Waals surface area (Å²) in [5.74, 6) is -0.471. The van der Waals surface area contributed by atoms with Crippen LogP contribution < -0.4 is 4.72 Å². The SMILES string of the molecule is C=C(Br)CNS(=O)(=O)N1CCC(C(=O)OC)CC1. The van der Waals surface area contributed by atoms with E-state index < -0.39 is 10.2 Å². The van der Waals surface area contributed by atoms with Gasteiger partial charge in [0, 0.05) is 24.1 Å². The van der Waals surface area contributed by atoms with E-state index in [2.05, 4.69) is 32.0 Å². The number of nitrogens with zero attached hydrogens (tertiary/aromatic N) is 1. The molecule has 0 unspecified atom stereocenters. The fourth-order valence-electron chi connectivity index (χ4n) is 1.76. The van der Waals surface area contributed by atoms with E-state index in [4.69, 9.17) is 0 Å². The van der Waals surface area contributed by atoms with Gasteiger partial charge in [0.15, 0.2) is 0 Å². The van der Waals surface area contributed by atoms with E-state index in [0.717, 1.165) is 0 Å². The molecule has 1 rings (SSSR count). The highest BCUT2D eigenvalue weighted by atomic mass is 79.9. The minimum Gasteiger partial charge on any atom is -0.469 e. The third-order valence-electron chi connectivity index (χ3n) is 2.77. The minimum atomic E-state index is -3.49. The summed E-state index contributed by atoms with van der Waals surface area (Å²) >= 11 is 3.09. The second kappa shape index (κ2) is 6.65. The molecule has 0 bridgehead atoms. The molecule has 0 atom stereocenters. The molecule has 104 valence electrons. The van der Waals surface area contributed by atoms with Crippen LogP contribution in [0.1, 0.15) is 12.8 Å². The van der Waals surface area contributed by atoms with Crippen LogP contribution in [0.15, 0.2) is 11.1 Å². The topological polar surface area (TPSA) is 75.7 Å². The van der Waals surface area contributed by atoms with Crippen LogP contribution in [0.25, 0.3) is 0 Å². The molecule has 0 saturated carbocycles. The lowest BCUT2D eigenvalue weighted by atomic mass is 9.99. The Morgan fingerprint density at radius 1 is 1.50 bits per heavy atom. The minimum absolute atomic E-state index is 0.152. The maximum absolute atomic E-state index is 11.9. The lowest BCUT2D eigenvalue weighted by molar-refractivity contribution is -0.146. The zero-order valence-electron chi connectivity index (χ0n) is 10.2. The van der Waals surface area contributed by atoms with Crippen LogP contribution in [0.2, 0.25) is 0 Å². The normalized spacial score (nSPS) is 18.6. The number of piperidine rings is 1. The van der Waals surface area contributed by atoms with Crippen molar-refractivity contribution in [3.8, 4) is 0 Å². The maximum Gasteiger partial charge on any atom is 0.308 e. The van der Waals surface area contributed by atoms with Gasteiger partial charge in [-0.05, 0) is 12.8 Å². The number of halogens is 1. The highest BCUT2D eigenvalue weighted by Gasteiger charge is 2.31. The molecule has 8 heteroatoms. The Morgan fingerprint density at radius 2 is 2.06 bits per heavy atom. The third-order valence-corrected chi connectivity index (χ3v) is 4.61. The average molecular weight is 341 g/mol. The second-order valence-corrected chi connectivity index (χ2v) is 6.92. The summed E-state index contributed by atoms with van der Waals surface area (Å²) in [6.45, 7) is 4.36. The first-order valence-corrected chi connectivity index (χ1v) is 7.76. The first-order chi connectivity index (χ1) is 8.36. The summed E-state index contributed by atoms with van der Waals surface area (Å²) in [7, 11) is -2.15. The van der Waals surface area contributed by atoms with E-state index in [1.165, 1.54) is 11.4 Å². The van der Waals surface area contributed by atoms with Crippen molar-refractivity contribution in [2.75, 3.05) is 26.7 Å². The van der Waals surface area contributed by atoms with Crippen molar-refractivity contribution in [2.45, 2.75) is 12.8 Å². The molecule has 0 spiro atoms. The van der Waals surface area contributed by atoms with Crippen LogP contribution in [-0.4, -0.2) is 45.4 Å². The molecule has 1 saturated heterocycles. The summed E-state index contributed by atoms with van der Waals surface area (Å²) in [6, 6.07) is 0. The van der Waals surface area contributed by atoms with Gasteiger partial charge in [0.2, 0.25) is 0 Å². The predicted molar refractivity (Wildman–Crippen MR) is 71.3 cm³/mol. The summed E-state index contributed by atoms with van der Waals surface area (Å²) < 4.78 is 32.7. The van der Waals surface area contributed by atoms with E-state index >= 15 is 0 Å². The van der Waals surface area contributed by atoms with Crippen LogP contribution in [0.5, 0.6) is 0 Å². The van der Waals surface area contributed by atoms with Crippen LogP contribution >= 0.6 is 15.9 Å². The molecule has 6 nitrogen and oxygen atoms in total. The third kappa shape index (κ3) is 4.34. The molecule has 1 heterocycles. The molecule has 0 amide bonds. The predicted octanol–water partition coefficient (Wildman–Crippen LogP) is 0.614. The van der Waals surface area contributed by atoms with Crippen LogP contribution in [0.3, 0.4) is 0 Å². The monoisotopic (exact) mass is 340 g/mol. The van der Waals surface area contributed by atoms with Crippen LogP contribution in [-0.2, 0) is 19.7 Å². The van der Waals surface area contributed by atoms with Gasteiger partial charge in [-0.15, -0.1) is 0 Å². The van der Waals surface area contributed by atoms with Crippen molar-refractivity contribution in [3.05, 3.63) is 11.1 Å². The van der Waals surface area contributed by atoms with Crippen LogP contribution in [0, 0.1) is 5.92 Å². The van der Waals surface area contributed by atoms with E-state index in [0.29, 0.717) is 30.4 Å². The van der Waals surface area contributed by atoms with E-state index in [-0.39, 0.29) is 18.4 Å². The number of hydrogen-bond acceptors (Lipinski definition) is 4. The van der Waals surface area contributed by atoms with Gasteiger partial charge in [-0.1, -0.05) is 22.5 Å².